The number of anilines is 1. The Morgan fingerprint density at radius 3 is 2.46 bits per heavy atom. The first kappa shape index (κ1) is 18.5. The number of hydrogen-bond acceptors (Lipinski definition) is 5. The highest BCUT2D eigenvalue weighted by molar-refractivity contribution is 6.33. The largest absolute Gasteiger partial charge is 0.487 e. The van der Waals surface area contributed by atoms with Crippen LogP contribution in [-0.2, 0) is 0 Å². The van der Waals surface area contributed by atoms with E-state index < -0.39 is 4.92 Å². The second-order valence-corrected chi connectivity index (χ2v) is 6.61. The van der Waals surface area contributed by atoms with Crippen LogP contribution < -0.4 is 9.64 Å². The fraction of sp³-hybridized carbons (Fsp3) is 0.368. The average Bonchev–Trinajstić information content (AvgIpc) is 2.66. The third kappa shape index (κ3) is 4.65. The molecular weight excluding hydrogens is 354 g/mol. The molecule has 2 aromatic carbocycles. The van der Waals surface area contributed by atoms with Crippen LogP contribution in [0, 0.1) is 10.1 Å². The molecule has 1 aliphatic rings. The first-order chi connectivity index (χ1) is 12.6. The highest BCUT2D eigenvalue weighted by Gasteiger charge is 2.18. The fourth-order valence-corrected chi connectivity index (χ4v) is 3.38. The van der Waals surface area contributed by atoms with E-state index in [-0.39, 0.29) is 5.69 Å². The minimum atomic E-state index is -0.413. The summed E-state index contributed by atoms with van der Waals surface area (Å²) in [5.41, 5.74) is 1.11. The van der Waals surface area contributed by atoms with E-state index in [1.807, 2.05) is 18.2 Å². The van der Waals surface area contributed by atoms with Crippen LogP contribution in [-0.4, -0.2) is 49.2 Å². The number of hydrogen-bond donors (Lipinski definition) is 0. The molecule has 0 N–H and O–H groups in total. The van der Waals surface area contributed by atoms with Crippen molar-refractivity contribution in [2.75, 3.05) is 44.2 Å². The lowest BCUT2D eigenvalue weighted by molar-refractivity contribution is -0.385. The van der Waals surface area contributed by atoms with E-state index in [2.05, 4.69) is 15.9 Å². The van der Waals surface area contributed by atoms with Gasteiger partial charge in [0.2, 0.25) is 0 Å². The summed E-state index contributed by atoms with van der Waals surface area (Å²) in [6.45, 7) is 5.20. The second kappa shape index (κ2) is 8.87. The van der Waals surface area contributed by atoms with Gasteiger partial charge < -0.3 is 9.64 Å². The van der Waals surface area contributed by atoms with Gasteiger partial charge in [-0.15, -0.1) is 0 Å². The Hall–Kier alpha value is -2.31. The zero-order chi connectivity index (χ0) is 18.4. The number of nitro groups is 1. The SMILES string of the molecule is O=[N+]([O-])c1ccccc1OCCCN1CCN(c2ccccc2Cl)CC1. The minimum absolute atomic E-state index is 0.0147. The van der Waals surface area contributed by atoms with Crippen molar-refractivity contribution in [2.24, 2.45) is 0 Å². The molecule has 0 bridgehead atoms. The van der Waals surface area contributed by atoms with Gasteiger partial charge in [-0.05, 0) is 24.6 Å². The predicted molar refractivity (Wildman–Crippen MR) is 103 cm³/mol. The third-order valence-corrected chi connectivity index (χ3v) is 4.82. The van der Waals surface area contributed by atoms with Gasteiger partial charge in [0.15, 0.2) is 5.75 Å². The van der Waals surface area contributed by atoms with Crippen LogP contribution >= 0.6 is 11.6 Å². The third-order valence-electron chi connectivity index (χ3n) is 4.50. The molecule has 0 aliphatic carbocycles. The van der Waals surface area contributed by atoms with Crippen molar-refractivity contribution in [3.63, 3.8) is 0 Å². The molecular formula is C19H22ClN3O3. The lowest BCUT2D eigenvalue weighted by Crippen LogP contribution is -2.46. The van der Waals surface area contributed by atoms with Crippen LogP contribution in [0.2, 0.25) is 5.02 Å². The summed E-state index contributed by atoms with van der Waals surface area (Å²) in [5, 5.41) is 11.8. The van der Waals surface area contributed by atoms with E-state index in [4.69, 9.17) is 16.3 Å². The van der Waals surface area contributed by atoms with Crippen LogP contribution in [0.4, 0.5) is 11.4 Å². The smallest absolute Gasteiger partial charge is 0.310 e. The number of para-hydroxylation sites is 3. The molecule has 1 fully saturated rings. The van der Waals surface area contributed by atoms with Crippen LogP contribution in [0.25, 0.3) is 0 Å². The lowest BCUT2D eigenvalue weighted by atomic mass is 10.2. The maximum Gasteiger partial charge on any atom is 0.310 e. The van der Waals surface area contributed by atoms with Gasteiger partial charge in [0, 0.05) is 38.8 Å². The van der Waals surface area contributed by atoms with Gasteiger partial charge in [0.05, 0.1) is 22.2 Å². The van der Waals surface area contributed by atoms with Crippen molar-refractivity contribution < 1.29 is 9.66 Å². The summed E-state index contributed by atoms with van der Waals surface area (Å²) in [4.78, 5) is 15.3. The first-order valence-corrected chi connectivity index (χ1v) is 9.11. The molecule has 0 unspecified atom stereocenters. The van der Waals surface area contributed by atoms with E-state index >= 15 is 0 Å². The van der Waals surface area contributed by atoms with E-state index in [0.29, 0.717) is 12.4 Å². The van der Waals surface area contributed by atoms with E-state index in [1.54, 1.807) is 18.2 Å². The average molecular weight is 376 g/mol. The molecule has 7 heteroatoms. The highest BCUT2D eigenvalue weighted by Crippen LogP contribution is 2.27. The van der Waals surface area contributed by atoms with Crippen LogP contribution in [0.1, 0.15) is 6.42 Å². The molecule has 0 spiro atoms. The summed E-state index contributed by atoms with van der Waals surface area (Å²) >= 11 is 6.27. The standard InChI is InChI=1S/C19H22ClN3O3/c20-16-6-1-2-7-17(16)22-13-11-21(12-14-22)10-5-15-26-19-9-4-3-8-18(19)23(24)25/h1-4,6-9H,5,10-15H2. The Morgan fingerprint density at radius 2 is 1.73 bits per heavy atom. The molecule has 1 saturated heterocycles. The number of nitro benzene ring substituents is 1. The molecule has 138 valence electrons. The molecule has 0 radical (unpaired) electrons. The summed E-state index contributed by atoms with van der Waals surface area (Å²) in [6.07, 6.45) is 0.831. The van der Waals surface area contributed by atoms with E-state index in [0.717, 1.165) is 49.9 Å². The van der Waals surface area contributed by atoms with Gasteiger partial charge in [-0.2, -0.15) is 0 Å². The molecule has 0 aromatic heterocycles. The molecule has 1 heterocycles. The number of nitrogens with zero attached hydrogens (tertiary/aromatic N) is 3. The normalized spacial score (nSPS) is 15.0. The van der Waals surface area contributed by atoms with Crippen molar-refractivity contribution >= 4 is 23.0 Å². The van der Waals surface area contributed by atoms with Gasteiger partial charge in [-0.1, -0.05) is 35.9 Å². The Labute approximate surface area is 158 Å². The lowest BCUT2D eigenvalue weighted by Gasteiger charge is -2.36. The fourth-order valence-electron chi connectivity index (χ4n) is 3.12. The Kier molecular flexibility index (Phi) is 6.30. The van der Waals surface area contributed by atoms with Crippen LogP contribution in [0.3, 0.4) is 0 Å². The van der Waals surface area contributed by atoms with E-state index in [9.17, 15) is 10.1 Å². The van der Waals surface area contributed by atoms with Gasteiger partial charge in [-0.25, -0.2) is 0 Å². The Bertz CT molecular complexity index is 748. The molecule has 3 rings (SSSR count). The number of halogens is 1. The molecule has 26 heavy (non-hydrogen) atoms. The Morgan fingerprint density at radius 1 is 1.04 bits per heavy atom. The number of benzene rings is 2. The van der Waals surface area contributed by atoms with Crippen molar-refractivity contribution in [2.45, 2.75) is 6.42 Å². The monoisotopic (exact) mass is 375 g/mol. The van der Waals surface area contributed by atoms with Gasteiger partial charge in [-0.3, -0.25) is 15.0 Å². The van der Waals surface area contributed by atoms with Crippen molar-refractivity contribution in [3.05, 3.63) is 63.7 Å². The number of piperazine rings is 1. The summed E-state index contributed by atoms with van der Waals surface area (Å²) < 4.78 is 5.60. The second-order valence-electron chi connectivity index (χ2n) is 6.21. The quantitative estimate of drug-likeness (QED) is 0.418. The van der Waals surface area contributed by atoms with Gasteiger partial charge in [0.25, 0.3) is 0 Å². The minimum Gasteiger partial charge on any atom is -0.487 e. The maximum atomic E-state index is 11.0. The van der Waals surface area contributed by atoms with E-state index in [1.165, 1.54) is 6.07 Å². The molecule has 0 amide bonds. The summed E-state index contributed by atoms with van der Waals surface area (Å²) in [6, 6.07) is 14.4. The van der Waals surface area contributed by atoms with Crippen molar-refractivity contribution in [3.8, 4) is 5.75 Å². The van der Waals surface area contributed by atoms with Crippen LogP contribution in [0.5, 0.6) is 5.75 Å². The van der Waals surface area contributed by atoms with Gasteiger partial charge >= 0.3 is 5.69 Å². The predicted octanol–water partition coefficient (Wildman–Crippen LogP) is 3.84. The molecule has 6 nitrogen and oxygen atoms in total. The first-order valence-electron chi connectivity index (χ1n) is 8.73. The van der Waals surface area contributed by atoms with Crippen LogP contribution in [0.15, 0.2) is 48.5 Å². The molecule has 0 saturated carbocycles. The van der Waals surface area contributed by atoms with Gasteiger partial charge in [0.1, 0.15) is 0 Å². The molecule has 2 aromatic rings. The Balaban J connectivity index is 1.41. The van der Waals surface area contributed by atoms with Crippen molar-refractivity contribution in [1.29, 1.82) is 0 Å². The summed E-state index contributed by atoms with van der Waals surface area (Å²) in [7, 11) is 0. The maximum absolute atomic E-state index is 11.0. The van der Waals surface area contributed by atoms with Crippen molar-refractivity contribution in [1.82, 2.24) is 4.90 Å². The zero-order valence-electron chi connectivity index (χ0n) is 14.5. The number of ether oxygens (including phenoxy) is 1. The zero-order valence-corrected chi connectivity index (χ0v) is 15.3. The topological polar surface area (TPSA) is 58.9 Å². The molecule has 0 atom stereocenters. The number of rotatable bonds is 7. The summed E-state index contributed by atoms with van der Waals surface area (Å²) in [5.74, 6) is 0.334. The highest BCUT2D eigenvalue weighted by atomic mass is 35.5. The molecule has 1 aliphatic heterocycles.